The summed E-state index contributed by atoms with van der Waals surface area (Å²) in [5, 5.41) is 12.9. The molecule has 0 radical (unpaired) electrons. The van der Waals surface area contributed by atoms with Crippen LogP contribution in [0.3, 0.4) is 0 Å². The normalized spacial score (nSPS) is 10.1. The van der Waals surface area contributed by atoms with Gasteiger partial charge in [0.15, 0.2) is 0 Å². The van der Waals surface area contributed by atoms with Crippen LogP contribution in [0.25, 0.3) is 0 Å². The standard InChI is InChI=1S/C10H20N2O6/c1-16-4-5-18-7-6-17-3-2-11-10(15)12-8-9(13)14/h2-8H2,1H3,(H,13,14)(H2,11,12,15). The highest BCUT2D eigenvalue weighted by molar-refractivity contribution is 5.79. The van der Waals surface area contributed by atoms with Gasteiger partial charge in [-0.05, 0) is 0 Å². The molecule has 2 amide bonds. The molecule has 0 bridgehead atoms. The smallest absolute Gasteiger partial charge is 0.323 e. The van der Waals surface area contributed by atoms with Crippen molar-refractivity contribution >= 4 is 12.0 Å². The van der Waals surface area contributed by atoms with E-state index in [1.807, 2.05) is 0 Å². The molecule has 0 saturated heterocycles. The van der Waals surface area contributed by atoms with Gasteiger partial charge in [0, 0.05) is 13.7 Å². The van der Waals surface area contributed by atoms with Gasteiger partial charge in [-0.2, -0.15) is 0 Å². The van der Waals surface area contributed by atoms with E-state index in [1.165, 1.54) is 0 Å². The molecule has 8 heteroatoms. The van der Waals surface area contributed by atoms with Gasteiger partial charge in [-0.1, -0.05) is 0 Å². The van der Waals surface area contributed by atoms with Crippen molar-refractivity contribution in [2.45, 2.75) is 0 Å². The fraction of sp³-hybridized carbons (Fsp3) is 0.800. The third-order valence-electron chi connectivity index (χ3n) is 1.74. The van der Waals surface area contributed by atoms with Crippen molar-refractivity contribution in [2.24, 2.45) is 0 Å². The molecule has 3 N–H and O–H groups in total. The summed E-state index contributed by atoms with van der Waals surface area (Å²) in [6.45, 7) is 2.22. The molecule has 0 aromatic carbocycles. The minimum absolute atomic E-state index is 0.309. The highest BCUT2D eigenvalue weighted by Crippen LogP contribution is 1.79. The number of hydrogen-bond donors (Lipinski definition) is 3. The van der Waals surface area contributed by atoms with Gasteiger partial charge in [0.2, 0.25) is 0 Å². The van der Waals surface area contributed by atoms with Gasteiger partial charge in [-0.3, -0.25) is 4.79 Å². The zero-order valence-corrected chi connectivity index (χ0v) is 10.4. The molecule has 18 heavy (non-hydrogen) atoms. The number of carbonyl (C=O) groups excluding carboxylic acids is 1. The summed E-state index contributed by atoms with van der Waals surface area (Å²) in [5.74, 6) is -1.09. The molecule has 8 nitrogen and oxygen atoms in total. The lowest BCUT2D eigenvalue weighted by molar-refractivity contribution is -0.135. The van der Waals surface area contributed by atoms with Crippen molar-refractivity contribution in [1.29, 1.82) is 0 Å². The fourth-order valence-corrected chi connectivity index (χ4v) is 0.919. The Hall–Kier alpha value is -1.38. The van der Waals surface area contributed by atoms with E-state index in [0.717, 1.165) is 0 Å². The molecule has 0 fully saturated rings. The maximum absolute atomic E-state index is 11.0. The van der Waals surface area contributed by atoms with Gasteiger partial charge in [0.25, 0.3) is 0 Å². The third kappa shape index (κ3) is 12.7. The van der Waals surface area contributed by atoms with Crippen LogP contribution in [0, 0.1) is 0 Å². The first-order valence-corrected chi connectivity index (χ1v) is 5.54. The SMILES string of the molecule is COCCOCCOCCNC(=O)NCC(=O)O. The number of amides is 2. The first-order valence-electron chi connectivity index (χ1n) is 5.54. The number of urea groups is 1. The van der Waals surface area contributed by atoms with Crippen LogP contribution in [0.15, 0.2) is 0 Å². The van der Waals surface area contributed by atoms with E-state index in [2.05, 4.69) is 10.6 Å². The first-order chi connectivity index (χ1) is 8.66. The van der Waals surface area contributed by atoms with E-state index >= 15 is 0 Å². The Kier molecular flexibility index (Phi) is 11.2. The number of methoxy groups -OCH3 is 1. The predicted octanol–water partition coefficient (Wildman–Crippen LogP) is -0.950. The molecule has 0 spiro atoms. The van der Waals surface area contributed by atoms with Gasteiger partial charge >= 0.3 is 12.0 Å². The van der Waals surface area contributed by atoms with Crippen LogP contribution in [0.2, 0.25) is 0 Å². The molecule has 106 valence electrons. The molecule has 0 aliphatic rings. The Balaban J connectivity index is 3.15. The highest BCUT2D eigenvalue weighted by Gasteiger charge is 2.01. The minimum atomic E-state index is -1.09. The number of rotatable bonds is 11. The number of carboxylic acid groups (broad SMARTS) is 1. The molecule has 0 aromatic heterocycles. The monoisotopic (exact) mass is 264 g/mol. The number of hydrogen-bond acceptors (Lipinski definition) is 5. The summed E-state index contributed by atoms with van der Waals surface area (Å²) >= 11 is 0. The summed E-state index contributed by atoms with van der Waals surface area (Å²) in [5.41, 5.74) is 0. The lowest BCUT2D eigenvalue weighted by Crippen LogP contribution is -2.39. The first kappa shape index (κ1) is 16.6. The second-order valence-corrected chi connectivity index (χ2v) is 3.22. The molecule has 0 atom stereocenters. The topological polar surface area (TPSA) is 106 Å². The van der Waals surface area contributed by atoms with Gasteiger partial charge in [-0.15, -0.1) is 0 Å². The Morgan fingerprint density at radius 1 is 1.00 bits per heavy atom. The van der Waals surface area contributed by atoms with Crippen molar-refractivity contribution < 1.29 is 28.9 Å². The maximum atomic E-state index is 11.0. The van der Waals surface area contributed by atoms with Crippen molar-refractivity contribution in [1.82, 2.24) is 10.6 Å². The molecule has 0 saturated carbocycles. The minimum Gasteiger partial charge on any atom is -0.480 e. The second kappa shape index (κ2) is 12.1. The number of ether oxygens (including phenoxy) is 3. The third-order valence-corrected chi connectivity index (χ3v) is 1.74. The van der Waals surface area contributed by atoms with Crippen molar-refractivity contribution in [2.75, 3.05) is 53.2 Å². The van der Waals surface area contributed by atoms with E-state index < -0.39 is 18.5 Å². The highest BCUT2D eigenvalue weighted by atomic mass is 16.5. The van der Waals surface area contributed by atoms with Gasteiger partial charge in [-0.25, -0.2) is 4.79 Å². The van der Waals surface area contributed by atoms with Crippen molar-refractivity contribution in [3.8, 4) is 0 Å². The van der Waals surface area contributed by atoms with Gasteiger partial charge in [0.1, 0.15) is 6.54 Å². The average molecular weight is 264 g/mol. The quantitative estimate of drug-likeness (QED) is 0.415. The van der Waals surface area contributed by atoms with Crippen LogP contribution in [0.1, 0.15) is 0 Å². The number of carbonyl (C=O) groups is 2. The largest absolute Gasteiger partial charge is 0.480 e. The summed E-state index contributed by atoms with van der Waals surface area (Å²) in [6, 6.07) is -0.530. The summed E-state index contributed by atoms with van der Waals surface area (Å²) < 4.78 is 15.1. The molecule has 0 rings (SSSR count). The van der Waals surface area contributed by atoms with E-state index in [0.29, 0.717) is 39.6 Å². The zero-order valence-electron chi connectivity index (χ0n) is 10.4. The Morgan fingerprint density at radius 3 is 2.22 bits per heavy atom. The van der Waals surface area contributed by atoms with Gasteiger partial charge < -0.3 is 30.0 Å². The fourth-order valence-electron chi connectivity index (χ4n) is 0.919. The van der Waals surface area contributed by atoms with E-state index in [1.54, 1.807) is 7.11 Å². The number of aliphatic carboxylic acids is 1. The van der Waals surface area contributed by atoms with E-state index in [9.17, 15) is 9.59 Å². The Morgan fingerprint density at radius 2 is 1.61 bits per heavy atom. The van der Waals surface area contributed by atoms with Crippen LogP contribution < -0.4 is 10.6 Å². The summed E-state index contributed by atoms with van der Waals surface area (Å²) in [6.07, 6.45) is 0. The van der Waals surface area contributed by atoms with Gasteiger partial charge in [0.05, 0.1) is 33.0 Å². The molecule has 0 aliphatic heterocycles. The lowest BCUT2D eigenvalue weighted by atomic mass is 10.6. The summed E-state index contributed by atoms with van der Waals surface area (Å²) in [4.78, 5) is 21.1. The van der Waals surface area contributed by atoms with Crippen LogP contribution in [-0.4, -0.2) is 70.3 Å². The van der Waals surface area contributed by atoms with E-state index in [4.69, 9.17) is 19.3 Å². The second-order valence-electron chi connectivity index (χ2n) is 3.22. The molecule has 0 aromatic rings. The van der Waals surface area contributed by atoms with Crippen molar-refractivity contribution in [3.63, 3.8) is 0 Å². The zero-order chi connectivity index (χ0) is 13.6. The Labute approximate surface area is 106 Å². The van der Waals surface area contributed by atoms with Crippen LogP contribution >= 0.6 is 0 Å². The molecule has 0 unspecified atom stereocenters. The molecule has 0 heterocycles. The van der Waals surface area contributed by atoms with Crippen LogP contribution in [0.4, 0.5) is 4.79 Å². The van der Waals surface area contributed by atoms with Crippen molar-refractivity contribution in [3.05, 3.63) is 0 Å². The average Bonchev–Trinajstić information content (AvgIpc) is 2.34. The number of nitrogens with one attached hydrogen (secondary N) is 2. The van der Waals surface area contributed by atoms with Crippen LogP contribution in [0.5, 0.6) is 0 Å². The maximum Gasteiger partial charge on any atom is 0.323 e. The predicted molar refractivity (Wildman–Crippen MR) is 62.6 cm³/mol. The summed E-state index contributed by atoms with van der Waals surface area (Å²) in [7, 11) is 1.60. The molecular weight excluding hydrogens is 244 g/mol. The lowest BCUT2D eigenvalue weighted by Gasteiger charge is -2.07. The Bertz CT molecular complexity index is 236. The van der Waals surface area contributed by atoms with E-state index in [-0.39, 0.29) is 0 Å². The van der Waals surface area contributed by atoms with Crippen LogP contribution in [-0.2, 0) is 19.0 Å². The number of carboxylic acids is 1. The molecule has 0 aliphatic carbocycles. The molecular formula is C10H20N2O6.